The molecule has 0 spiro atoms. The van der Waals surface area contributed by atoms with Crippen LogP contribution in [0.25, 0.3) is 0 Å². The molecular formula is C23H25N3O2. The first kappa shape index (κ1) is 17.4. The summed E-state index contributed by atoms with van der Waals surface area (Å²) in [6.07, 6.45) is 8.97. The van der Waals surface area contributed by atoms with Crippen molar-refractivity contribution in [2.24, 2.45) is 0 Å². The van der Waals surface area contributed by atoms with Crippen LogP contribution in [-0.4, -0.2) is 39.8 Å². The van der Waals surface area contributed by atoms with Crippen LogP contribution in [0, 0.1) is 0 Å². The second kappa shape index (κ2) is 6.73. The molecule has 2 saturated heterocycles. The minimum atomic E-state index is -0.296. The molecule has 2 aromatic rings. The van der Waals surface area contributed by atoms with Crippen LogP contribution < -0.4 is 5.32 Å². The molecule has 144 valence electrons. The zero-order valence-electron chi connectivity index (χ0n) is 15.9. The van der Waals surface area contributed by atoms with Crippen molar-refractivity contribution in [1.82, 2.24) is 15.2 Å². The lowest BCUT2D eigenvalue weighted by Crippen LogP contribution is -2.54. The molecular weight excluding hydrogens is 350 g/mol. The average Bonchev–Trinajstić information content (AvgIpc) is 3.50. The van der Waals surface area contributed by atoms with E-state index >= 15 is 0 Å². The zero-order valence-corrected chi connectivity index (χ0v) is 15.9. The first-order valence-corrected chi connectivity index (χ1v) is 10.3. The lowest BCUT2D eigenvalue weighted by molar-refractivity contribution is -0.138. The summed E-state index contributed by atoms with van der Waals surface area (Å²) in [6, 6.07) is 14.3. The maximum Gasteiger partial charge on any atom is 0.251 e. The predicted molar refractivity (Wildman–Crippen MR) is 106 cm³/mol. The number of nitrogens with one attached hydrogen (secondary N) is 1. The molecule has 2 amide bonds. The van der Waals surface area contributed by atoms with Crippen molar-refractivity contribution in [2.45, 2.75) is 62.1 Å². The summed E-state index contributed by atoms with van der Waals surface area (Å²) < 4.78 is 0. The standard InChI is InChI=1S/C23H25N3O2/c27-21(16-8-12-24-13-9-16)25-18-14-19-6-7-20(15-18)26(19)22(28)23(10-11-23)17-4-2-1-3-5-17/h1-5,8-9,12-13,18-20H,6-7,10-11,14-15H2,(H,25,27)/t18?,19-,20+. The van der Waals surface area contributed by atoms with E-state index in [9.17, 15) is 9.59 Å². The summed E-state index contributed by atoms with van der Waals surface area (Å²) in [4.78, 5) is 32.2. The Hall–Kier alpha value is -2.69. The Labute approximate surface area is 165 Å². The van der Waals surface area contributed by atoms with Gasteiger partial charge in [0, 0.05) is 36.1 Å². The van der Waals surface area contributed by atoms with Crippen molar-refractivity contribution in [2.75, 3.05) is 0 Å². The number of fused-ring (bicyclic) bond motifs is 2. The number of aromatic nitrogens is 1. The maximum atomic E-state index is 13.5. The van der Waals surface area contributed by atoms with E-state index in [-0.39, 0.29) is 29.4 Å². The topological polar surface area (TPSA) is 62.3 Å². The van der Waals surface area contributed by atoms with E-state index in [1.807, 2.05) is 18.2 Å². The lowest BCUT2D eigenvalue weighted by atomic mass is 9.90. The molecule has 5 nitrogen and oxygen atoms in total. The predicted octanol–water partition coefficient (Wildman–Crippen LogP) is 3.07. The molecule has 5 heteroatoms. The van der Waals surface area contributed by atoms with Gasteiger partial charge in [0.05, 0.1) is 5.41 Å². The van der Waals surface area contributed by atoms with Crippen LogP contribution in [0.3, 0.4) is 0 Å². The summed E-state index contributed by atoms with van der Waals surface area (Å²) in [6.45, 7) is 0. The van der Waals surface area contributed by atoms with E-state index in [0.29, 0.717) is 11.5 Å². The first-order chi connectivity index (χ1) is 13.7. The molecule has 3 aliphatic rings. The van der Waals surface area contributed by atoms with Gasteiger partial charge in [-0.1, -0.05) is 30.3 Å². The van der Waals surface area contributed by atoms with E-state index < -0.39 is 0 Å². The monoisotopic (exact) mass is 375 g/mol. The lowest BCUT2D eigenvalue weighted by Gasteiger charge is -2.41. The summed E-state index contributed by atoms with van der Waals surface area (Å²) in [5, 5.41) is 3.18. The Morgan fingerprint density at radius 1 is 0.964 bits per heavy atom. The molecule has 0 radical (unpaired) electrons. The molecule has 3 fully saturated rings. The van der Waals surface area contributed by atoms with Gasteiger partial charge in [-0.05, 0) is 56.2 Å². The minimum Gasteiger partial charge on any atom is -0.349 e. The third kappa shape index (κ3) is 2.89. The van der Waals surface area contributed by atoms with Crippen LogP contribution in [0.2, 0.25) is 0 Å². The Bertz CT molecular complexity index is 865. The molecule has 1 aromatic carbocycles. The van der Waals surface area contributed by atoms with Crippen molar-refractivity contribution in [3.05, 3.63) is 66.0 Å². The molecule has 1 aliphatic carbocycles. The van der Waals surface area contributed by atoms with Crippen LogP contribution in [0.4, 0.5) is 0 Å². The van der Waals surface area contributed by atoms with Gasteiger partial charge in [-0.15, -0.1) is 0 Å². The average molecular weight is 375 g/mol. The highest BCUT2D eigenvalue weighted by Crippen LogP contribution is 2.52. The van der Waals surface area contributed by atoms with Gasteiger partial charge < -0.3 is 10.2 Å². The molecule has 2 aliphatic heterocycles. The highest BCUT2D eigenvalue weighted by molar-refractivity contribution is 5.94. The van der Waals surface area contributed by atoms with Gasteiger partial charge in [-0.3, -0.25) is 14.6 Å². The van der Waals surface area contributed by atoms with E-state index in [2.05, 4.69) is 27.3 Å². The number of amides is 2. The maximum absolute atomic E-state index is 13.5. The van der Waals surface area contributed by atoms with Crippen LogP contribution in [0.15, 0.2) is 54.9 Å². The third-order valence-corrected chi connectivity index (χ3v) is 6.73. The second-order valence-corrected chi connectivity index (χ2v) is 8.42. The van der Waals surface area contributed by atoms with Crippen molar-refractivity contribution >= 4 is 11.8 Å². The normalized spacial score (nSPS) is 27.3. The van der Waals surface area contributed by atoms with Crippen molar-refractivity contribution in [1.29, 1.82) is 0 Å². The highest BCUT2D eigenvalue weighted by atomic mass is 16.2. The summed E-state index contributed by atoms with van der Waals surface area (Å²) >= 11 is 0. The van der Waals surface area contributed by atoms with Crippen LogP contribution in [0.5, 0.6) is 0 Å². The number of carbonyl (C=O) groups excluding carboxylic acids is 2. The Kier molecular flexibility index (Phi) is 4.18. The number of piperidine rings is 1. The highest BCUT2D eigenvalue weighted by Gasteiger charge is 2.57. The largest absolute Gasteiger partial charge is 0.349 e. The number of pyridine rings is 1. The van der Waals surface area contributed by atoms with Gasteiger partial charge in [0.25, 0.3) is 5.91 Å². The Morgan fingerprint density at radius 2 is 1.61 bits per heavy atom. The summed E-state index contributed by atoms with van der Waals surface area (Å²) in [5.41, 5.74) is 1.50. The van der Waals surface area contributed by atoms with Crippen molar-refractivity contribution in [3.63, 3.8) is 0 Å². The van der Waals surface area contributed by atoms with Gasteiger partial charge in [-0.25, -0.2) is 0 Å². The SMILES string of the molecule is O=C(NC1C[C@H]2CC[C@@H](C1)N2C(=O)C1(c2ccccc2)CC1)c1ccncc1. The molecule has 1 saturated carbocycles. The quantitative estimate of drug-likeness (QED) is 0.893. The molecule has 3 heterocycles. The molecule has 1 N–H and O–H groups in total. The number of hydrogen-bond donors (Lipinski definition) is 1. The fourth-order valence-electron chi connectivity index (χ4n) is 5.15. The van der Waals surface area contributed by atoms with Gasteiger partial charge in [0.1, 0.15) is 0 Å². The van der Waals surface area contributed by atoms with Crippen LogP contribution in [-0.2, 0) is 10.2 Å². The Balaban J connectivity index is 1.29. The zero-order chi connectivity index (χ0) is 19.1. The molecule has 1 aromatic heterocycles. The second-order valence-electron chi connectivity index (χ2n) is 8.42. The molecule has 28 heavy (non-hydrogen) atoms. The van der Waals surface area contributed by atoms with Crippen LogP contribution in [0.1, 0.15) is 54.4 Å². The van der Waals surface area contributed by atoms with E-state index in [0.717, 1.165) is 44.1 Å². The first-order valence-electron chi connectivity index (χ1n) is 10.3. The summed E-state index contributed by atoms with van der Waals surface area (Å²) in [7, 11) is 0. The Morgan fingerprint density at radius 3 is 2.21 bits per heavy atom. The van der Waals surface area contributed by atoms with Gasteiger partial charge in [-0.2, -0.15) is 0 Å². The third-order valence-electron chi connectivity index (χ3n) is 6.73. The molecule has 1 unspecified atom stereocenters. The van der Waals surface area contributed by atoms with Gasteiger partial charge in [0.15, 0.2) is 0 Å². The molecule has 3 atom stereocenters. The van der Waals surface area contributed by atoms with Crippen molar-refractivity contribution < 1.29 is 9.59 Å². The van der Waals surface area contributed by atoms with E-state index in [4.69, 9.17) is 0 Å². The van der Waals surface area contributed by atoms with Gasteiger partial charge >= 0.3 is 0 Å². The number of carbonyl (C=O) groups is 2. The molecule has 2 bridgehead atoms. The number of rotatable bonds is 4. The van der Waals surface area contributed by atoms with Crippen LogP contribution >= 0.6 is 0 Å². The van der Waals surface area contributed by atoms with Gasteiger partial charge in [0.2, 0.25) is 5.91 Å². The minimum absolute atomic E-state index is 0.0467. The fraction of sp³-hybridized carbons (Fsp3) is 0.435. The number of nitrogens with zero attached hydrogens (tertiary/aromatic N) is 2. The molecule has 5 rings (SSSR count). The van der Waals surface area contributed by atoms with Crippen molar-refractivity contribution in [3.8, 4) is 0 Å². The fourth-order valence-corrected chi connectivity index (χ4v) is 5.15. The smallest absolute Gasteiger partial charge is 0.251 e. The summed E-state index contributed by atoms with van der Waals surface area (Å²) in [5.74, 6) is 0.264. The van der Waals surface area contributed by atoms with E-state index in [1.165, 1.54) is 0 Å². The number of benzene rings is 1. The number of hydrogen-bond acceptors (Lipinski definition) is 3. The van der Waals surface area contributed by atoms with E-state index in [1.54, 1.807) is 24.5 Å².